The number of Topliss-reactive ketones (excluding diaryl/α,β-unsaturated/α-hetero) is 1. The van der Waals surface area contributed by atoms with Gasteiger partial charge in [0.25, 0.3) is 12.1 Å². The van der Waals surface area contributed by atoms with E-state index in [0.717, 1.165) is 61.9 Å². The minimum Gasteiger partial charge on any atom is -0.388 e. The molecule has 9 heteroatoms. The summed E-state index contributed by atoms with van der Waals surface area (Å²) >= 11 is 0. The van der Waals surface area contributed by atoms with Gasteiger partial charge in [-0.1, -0.05) is 52.8 Å². The maximum atomic E-state index is 14.7. The monoisotopic (exact) mass is 606 g/mol. The minimum absolute atomic E-state index is 0.0381. The fraction of sp³-hybridized carbons (Fsp3) is 0.514. The van der Waals surface area contributed by atoms with E-state index < -0.39 is 12.2 Å². The lowest BCUT2D eigenvalue weighted by molar-refractivity contribution is -0.895. The molecule has 3 N–H and O–H groups in total. The number of ketones is 1. The van der Waals surface area contributed by atoms with E-state index >= 15 is 0 Å². The van der Waals surface area contributed by atoms with Crippen molar-refractivity contribution in [1.29, 1.82) is 0 Å². The number of allylic oxidation sites excluding steroid dienone is 6. The third kappa shape index (κ3) is 9.72. The van der Waals surface area contributed by atoms with E-state index in [2.05, 4.69) is 39.6 Å². The highest BCUT2D eigenvalue weighted by molar-refractivity contribution is 5.85. The smallest absolute Gasteiger partial charge is 0.271 e. The van der Waals surface area contributed by atoms with Crippen molar-refractivity contribution in [2.75, 3.05) is 45.2 Å². The molecule has 0 fully saturated rings. The molecular weight excluding hydrogens is 557 g/mol. The van der Waals surface area contributed by atoms with Crippen LogP contribution in [0.5, 0.6) is 0 Å². The molecule has 0 saturated heterocycles. The van der Waals surface area contributed by atoms with Crippen molar-refractivity contribution in [3.63, 3.8) is 0 Å². The summed E-state index contributed by atoms with van der Waals surface area (Å²) in [4.78, 5) is 19.0. The molecule has 0 saturated carbocycles. The number of ether oxygens (including phenoxy) is 1. The summed E-state index contributed by atoms with van der Waals surface area (Å²) in [7, 11) is 1.51. The SMILES string of the molecule is COC[C@@H](F)CN(CCCCC1=C(C)CCC2=C(C=C1)CCCN2)CCC(Nc1c(-c2ccccc2)cnc[n+]1O)C(C)=O. The molecule has 2 atom stereocenters. The number of alkyl halides is 1. The number of carbonyl (C=O) groups excluding carboxylic acids is 1. The Kier molecular flexibility index (Phi) is 12.9. The molecule has 238 valence electrons. The number of nitrogens with zero attached hydrogens (tertiary/aromatic N) is 3. The lowest BCUT2D eigenvalue weighted by Gasteiger charge is -2.26. The van der Waals surface area contributed by atoms with E-state index in [0.29, 0.717) is 24.3 Å². The highest BCUT2D eigenvalue weighted by Crippen LogP contribution is 2.28. The number of nitrogens with one attached hydrogen (secondary N) is 2. The Hall–Kier alpha value is -3.56. The number of hydrogen-bond donors (Lipinski definition) is 3. The normalized spacial score (nSPS) is 16.7. The molecule has 2 aliphatic rings. The minimum atomic E-state index is -1.11. The molecule has 2 heterocycles. The summed E-state index contributed by atoms with van der Waals surface area (Å²) in [6, 6.07) is 9.03. The zero-order chi connectivity index (χ0) is 31.3. The van der Waals surface area contributed by atoms with Gasteiger partial charge in [0.2, 0.25) is 0 Å². The van der Waals surface area contributed by atoms with Crippen molar-refractivity contribution >= 4 is 11.6 Å². The van der Waals surface area contributed by atoms with E-state index in [4.69, 9.17) is 4.74 Å². The van der Waals surface area contributed by atoms with Crippen LogP contribution in [0.3, 0.4) is 0 Å². The number of unbranched alkanes of at least 4 members (excludes halogenated alkanes) is 1. The molecule has 1 unspecified atom stereocenters. The molecule has 8 nitrogen and oxygen atoms in total. The van der Waals surface area contributed by atoms with Gasteiger partial charge in [0, 0.05) is 38.9 Å². The quantitative estimate of drug-likeness (QED) is 0.127. The van der Waals surface area contributed by atoms with Gasteiger partial charge in [0.1, 0.15) is 18.4 Å². The molecule has 1 aromatic heterocycles. The summed E-state index contributed by atoms with van der Waals surface area (Å²) < 4.78 is 20.7. The van der Waals surface area contributed by atoms with Gasteiger partial charge >= 0.3 is 0 Å². The molecule has 0 amide bonds. The van der Waals surface area contributed by atoms with Gasteiger partial charge in [0.15, 0.2) is 5.78 Å². The van der Waals surface area contributed by atoms with Crippen LogP contribution >= 0.6 is 0 Å². The first-order valence-electron chi connectivity index (χ1n) is 15.9. The molecule has 2 aromatic rings. The molecule has 1 aliphatic heterocycles. The highest BCUT2D eigenvalue weighted by atomic mass is 19.1. The second-order valence-corrected chi connectivity index (χ2v) is 11.9. The largest absolute Gasteiger partial charge is 0.388 e. The molecule has 0 radical (unpaired) electrons. The van der Waals surface area contributed by atoms with Gasteiger partial charge in [-0.15, -0.1) is 4.98 Å². The Labute approximate surface area is 261 Å². The third-order valence-electron chi connectivity index (χ3n) is 8.59. The molecule has 44 heavy (non-hydrogen) atoms. The molecule has 0 bridgehead atoms. The number of anilines is 1. The van der Waals surface area contributed by atoms with Crippen molar-refractivity contribution in [1.82, 2.24) is 15.2 Å². The van der Waals surface area contributed by atoms with Gasteiger partial charge in [0.05, 0.1) is 12.2 Å². The maximum Gasteiger partial charge on any atom is 0.271 e. The fourth-order valence-corrected chi connectivity index (χ4v) is 6.03. The van der Waals surface area contributed by atoms with E-state index in [1.165, 1.54) is 49.2 Å². The predicted octanol–water partition coefficient (Wildman–Crippen LogP) is 5.79. The van der Waals surface area contributed by atoms with Crippen LogP contribution in [0.4, 0.5) is 10.2 Å². The molecule has 0 spiro atoms. The number of methoxy groups -OCH3 is 1. The van der Waals surface area contributed by atoms with Crippen molar-refractivity contribution in [2.45, 2.75) is 77.4 Å². The van der Waals surface area contributed by atoms with Crippen molar-refractivity contribution < 1.29 is 23.9 Å². The first-order chi connectivity index (χ1) is 21.4. The summed E-state index contributed by atoms with van der Waals surface area (Å²) in [5, 5.41) is 17.4. The van der Waals surface area contributed by atoms with Crippen LogP contribution in [0.1, 0.15) is 65.2 Å². The topological polar surface area (TPSA) is 90.6 Å². The summed E-state index contributed by atoms with van der Waals surface area (Å²) in [5.74, 6) is 0.336. The number of carbonyl (C=O) groups is 1. The van der Waals surface area contributed by atoms with E-state index in [1.54, 1.807) is 6.20 Å². The fourth-order valence-electron chi connectivity index (χ4n) is 6.03. The first-order valence-corrected chi connectivity index (χ1v) is 15.9. The maximum absolute atomic E-state index is 14.7. The number of benzene rings is 1. The van der Waals surface area contributed by atoms with Gasteiger partial charge in [-0.2, -0.15) is 0 Å². The van der Waals surface area contributed by atoms with Crippen LogP contribution in [0.15, 0.2) is 77.4 Å². The average Bonchev–Trinajstić information content (AvgIpc) is 3.01. The Balaban J connectivity index is 1.37. The Morgan fingerprint density at radius 3 is 2.77 bits per heavy atom. The summed E-state index contributed by atoms with van der Waals surface area (Å²) in [6.07, 6.45) is 14.4. The Morgan fingerprint density at radius 2 is 2.00 bits per heavy atom. The lowest BCUT2D eigenvalue weighted by atomic mass is 9.91. The highest BCUT2D eigenvalue weighted by Gasteiger charge is 2.25. The second kappa shape index (κ2) is 17.1. The second-order valence-electron chi connectivity index (χ2n) is 11.9. The number of rotatable bonds is 16. The van der Waals surface area contributed by atoms with Crippen LogP contribution in [0, 0.1) is 0 Å². The van der Waals surface area contributed by atoms with Crippen LogP contribution in [0.2, 0.25) is 0 Å². The number of halogens is 1. The molecular formula is C35H49FN5O3+. The van der Waals surface area contributed by atoms with Gasteiger partial charge in [-0.25, -0.2) is 4.39 Å². The summed E-state index contributed by atoms with van der Waals surface area (Å²) in [5.41, 5.74) is 7.27. The first kappa shape index (κ1) is 33.3. The molecule has 1 aliphatic carbocycles. The zero-order valence-electron chi connectivity index (χ0n) is 26.5. The van der Waals surface area contributed by atoms with Crippen molar-refractivity contribution in [3.8, 4) is 11.1 Å². The van der Waals surface area contributed by atoms with Crippen LogP contribution in [0.25, 0.3) is 11.1 Å². The van der Waals surface area contributed by atoms with E-state index in [1.807, 2.05) is 30.3 Å². The lowest BCUT2D eigenvalue weighted by Crippen LogP contribution is -2.42. The summed E-state index contributed by atoms with van der Waals surface area (Å²) in [6.45, 7) is 6.41. The average molecular weight is 607 g/mol. The van der Waals surface area contributed by atoms with Gasteiger partial charge in [-0.05, 0) is 82.0 Å². The van der Waals surface area contributed by atoms with Gasteiger partial charge in [-0.3, -0.25) is 10.1 Å². The molecule has 1 aromatic carbocycles. The Bertz CT molecular complexity index is 1330. The van der Waals surface area contributed by atoms with Crippen molar-refractivity contribution in [3.05, 3.63) is 77.4 Å². The van der Waals surface area contributed by atoms with Crippen LogP contribution < -0.4 is 15.4 Å². The Morgan fingerprint density at radius 1 is 1.18 bits per heavy atom. The van der Waals surface area contributed by atoms with E-state index in [9.17, 15) is 14.4 Å². The zero-order valence-corrected chi connectivity index (χ0v) is 26.5. The molecule has 4 rings (SSSR count). The van der Waals surface area contributed by atoms with Crippen LogP contribution in [-0.2, 0) is 9.53 Å². The standard InChI is InChI=1S/C35H48FN5O3/c1-26-14-17-34-30(13-9-19-38-34)16-15-28(26)10-7-8-20-40(23-31(36)24-44-3)21-18-33(27(2)42)39-35-32(22-37-25-41(35)43)29-11-5-4-6-12-29/h4-6,11-12,15-16,22,25,31,33,38,43H,7-10,13-14,17-21,23-24H2,1-3H3/p+1/t31-,33?/m0/s1. The van der Waals surface area contributed by atoms with E-state index in [-0.39, 0.29) is 18.9 Å². The van der Waals surface area contributed by atoms with Gasteiger partial charge < -0.3 is 20.2 Å². The number of hydrogen-bond acceptors (Lipinski definition) is 7. The third-order valence-corrected chi connectivity index (χ3v) is 8.59. The van der Waals surface area contributed by atoms with Crippen LogP contribution in [-0.4, -0.2) is 73.0 Å². The predicted molar refractivity (Wildman–Crippen MR) is 172 cm³/mol. The van der Waals surface area contributed by atoms with Crippen molar-refractivity contribution in [2.24, 2.45) is 0 Å². The number of aromatic nitrogens is 2.